The number of aliphatic hydroxyl groups excluding tert-OH is 9. The Morgan fingerprint density at radius 3 is 1.88 bits per heavy atom. The van der Waals surface area contributed by atoms with Crippen LogP contribution in [0.2, 0.25) is 0 Å². The largest absolute Gasteiger partial charge is 0.461 e. The number of amides is 1. The number of fused-ring (bicyclic) bond motifs is 2. The van der Waals surface area contributed by atoms with Gasteiger partial charge in [-0.15, -0.1) is 0 Å². The molecule has 4 heterocycles. The van der Waals surface area contributed by atoms with Crippen LogP contribution in [-0.2, 0) is 42.7 Å². The fourth-order valence-corrected chi connectivity index (χ4v) is 16.6. The van der Waals surface area contributed by atoms with Crippen molar-refractivity contribution in [1.29, 1.82) is 0 Å². The highest BCUT2D eigenvalue weighted by molar-refractivity contribution is 5.96. The highest BCUT2D eigenvalue weighted by Crippen LogP contribution is 2.89. The van der Waals surface area contributed by atoms with Gasteiger partial charge in [0.15, 0.2) is 18.9 Å². The fraction of sp³-hybridized carbons (Fsp3) is 0.889. The number of carbonyl (C=O) groups is 2. The van der Waals surface area contributed by atoms with E-state index in [2.05, 4.69) is 46.0 Å². The third-order valence-corrected chi connectivity index (χ3v) is 21.3. The Morgan fingerprint density at radius 2 is 1.27 bits per heavy atom. The molecule has 19 heteroatoms. The minimum Gasteiger partial charge on any atom is -0.461 e. The van der Waals surface area contributed by atoms with E-state index in [4.69, 9.17) is 33.2 Å². The van der Waals surface area contributed by atoms with E-state index in [9.17, 15) is 55.5 Å². The Labute approximate surface area is 428 Å². The maximum absolute atomic E-state index is 13.1. The van der Waals surface area contributed by atoms with Gasteiger partial charge in [-0.1, -0.05) is 59.8 Å². The van der Waals surface area contributed by atoms with E-state index in [0.29, 0.717) is 29.7 Å². The smallest absolute Gasteiger partial charge is 0.329 e. The lowest BCUT2D eigenvalue weighted by Crippen LogP contribution is -2.67. The lowest BCUT2D eigenvalue weighted by atomic mass is 9.42. The predicted octanol–water partition coefficient (Wildman–Crippen LogP) is 1.49. The maximum Gasteiger partial charge on any atom is 0.329 e. The molecule has 0 aromatic carbocycles. The zero-order valence-corrected chi connectivity index (χ0v) is 44.0. The molecule has 73 heavy (non-hydrogen) atoms. The first-order valence-corrected chi connectivity index (χ1v) is 27.1. The van der Waals surface area contributed by atoms with Crippen molar-refractivity contribution in [2.45, 2.75) is 230 Å². The van der Waals surface area contributed by atoms with Crippen molar-refractivity contribution < 1.29 is 88.7 Å². The van der Waals surface area contributed by atoms with E-state index >= 15 is 0 Å². The highest BCUT2D eigenvalue weighted by Gasteiger charge is 2.82. The second-order valence-electron chi connectivity index (χ2n) is 25.0. The highest BCUT2D eigenvalue weighted by atomic mass is 16.8. The Balaban J connectivity index is 0.889. The van der Waals surface area contributed by atoms with Crippen LogP contribution in [0.3, 0.4) is 0 Å². The summed E-state index contributed by atoms with van der Waals surface area (Å²) in [5.41, 5.74) is 0.717. The van der Waals surface area contributed by atoms with Crippen molar-refractivity contribution in [1.82, 2.24) is 5.32 Å². The average molecular weight is 1040 g/mol. The Kier molecular flexibility index (Phi) is 15.4. The molecule has 9 fully saturated rings. The van der Waals surface area contributed by atoms with Gasteiger partial charge in [0, 0.05) is 11.5 Å². The molecule has 2 spiro atoms. The molecule has 0 radical (unpaired) electrons. The maximum atomic E-state index is 13.1. The van der Waals surface area contributed by atoms with Gasteiger partial charge in [0.1, 0.15) is 79.3 Å². The van der Waals surface area contributed by atoms with Crippen molar-refractivity contribution in [3.63, 3.8) is 0 Å². The van der Waals surface area contributed by atoms with E-state index in [0.717, 1.165) is 51.4 Å². The number of cyclic esters (lactones) is 1. The topological polar surface area (TPSA) is 293 Å². The predicted molar refractivity (Wildman–Crippen MR) is 258 cm³/mol. The minimum absolute atomic E-state index is 0.104. The Bertz CT molecular complexity index is 2090. The van der Waals surface area contributed by atoms with Crippen LogP contribution in [0.1, 0.15) is 120 Å². The summed E-state index contributed by atoms with van der Waals surface area (Å²) in [6.07, 6.45) is -8.66. The molecule has 4 aliphatic heterocycles. The summed E-state index contributed by atoms with van der Waals surface area (Å²) in [6.45, 7) is 17.4. The molecule has 5 saturated carbocycles. The number of allylic oxidation sites excluding steroid dienone is 3. The van der Waals surface area contributed by atoms with Gasteiger partial charge in [-0.25, -0.2) is 4.79 Å². The summed E-state index contributed by atoms with van der Waals surface area (Å²) in [7, 11) is 0. The third kappa shape index (κ3) is 8.91. The second kappa shape index (κ2) is 20.2. The number of esters is 1. The normalized spacial score (nSPS) is 52.9. The SMILES string of the molecule is CC(=CC=CC(C)C1CCC2(C)C3CCC4C(C)(C)C(OC5OC(CO)C(O)C(O)C5OC5OC(CO)C(O)C(O)C5OC5OC(C)C(O)C(O)C5O)CCC45CC35CCC12C)C(=O)NC1C(=O)OC(C)C1C. The zero-order chi connectivity index (χ0) is 53.1. The van der Waals surface area contributed by atoms with Gasteiger partial charge in [-0.2, -0.15) is 0 Å². The number of carbonyl (C=O) groups excluding carboxylic acids is 2. The number of ether oxygens (including phenoxy) is 7. The summed E-state index contributed by atoms with van der Waals surface area (Å²) >= 11 is 0. The lowest BCUT2D eigenvalue weighted by Gasteiger charge is -2.63. The van der Waals surface area contributed by atoms with Crippen LogP contribution >= 0.6 is 0 Å². The molecule has 19 nitrogen and oxygen atoms in total. The molecule has 414 valence electrons. The van der Waals surface area contributed by atoms with E-state index in [1.54, 1.807) is 6.92 Å². The van der Waals surface area contributed by atoms with Crippen LogP contribution in [0.5, 0.6) is 0 Å². The van der Waals surface area contributed by atoms with Gasteiger partial charge in [-0.3, -0.25) is 4.79 Å². The molecule has 10 N–H and O–H groups in total. The summed E-state index contributed by atoms with van der Waals surface area (Å²) in [5.74, 6) is 0.848. The molecular formula is C54H85NO18. The standard InChI is InChI=1S/C54H85NO18/c1-24(11-10-12-25(2)45(65)55-35-26(3)27(4)67-46(35)66)29-15-17-52(9)33-14-13-32-50(6,7)34(16-18-53(32)23-54(33,53)20-19-51(29,52)8)71-48-43(40(62)37(59)30(21-56)69-48)73-49-44(41(63)38(60)31(22-57)70-49)72-47-42(64)39(61)36(58)28(5)68-47/h10-12,24,26-44,47-49,56-64H,13-23H2,1-9H3,(H,55,65). The molecule has 4 saturated heterocycles. The van der Waals surface area contributed by atoms with E-state index in [1.165, 1.54) is 6.92 Å². The monoisotopic (exact) mass is 1040 g/mol. The molecule has 0 aromatic rings. The number of hydrogen-bond donors (Lipinski definition) is 10. The minimum atomic E-state index is -1.83. The molecule has 27 unspecified atom stereocenters. The van der Waals surface area contributed by atoms with Crippen LogP contribution in [0.4, 0.5) is 0 Å². The molecule has 0 aromatic heterocycles. The van der Waals surface area contributed by atoms with Crippen LogP contribution < -0.4 is 5.32 Å². The van der Waals surface area contributed by atoms with Crippen LogP contribution in [-0.4, -0.2) is 181 Å². The lowest BCUT2D eigenvalue weighted by molar-refractivity contribution is -0.397. The number of rotatable bonds is 13. The molecule has 9 rings (SSSR count). The first kappa shape index (κ1) is 55.6. The molecule has 1 amide bonds. The van der Waals surface area contributed by atoms with E-state index in [-0.39, 0.29) is 45.5 Å². The first-order valence-electron chi connectivity index (χ1n) is 27.1. The van der Waals surface area contributed by atoms with Crippen molar-refractivity contribution in [2.24, 2.45) is 56.7 Å². The molecular weight excluding hydrogens is 951 g/mol. The number of aliphatic hydroxyl groups is 9. The summed E-state index contributed by atoms with van der Waals surface area (Å²) in [4.78, 5) is 25.4. The number of nitrogens with one attached hydrogen (secondary N) is 1. The third-order valence-electron chi connectivity index (χ3n) is 21.3. The Hall–Kier alpha value is -2.18. The van der Waals surface area contributed by atoms with Gasteiger partial charge in [0.25, 0.3) is 0 Å². The molecule has 5 aliphatic carbocycles. The first-order chi connectivity index (χ1) is 34.3. The van der Waals surface area contributed by atoms with E-state index < -0.39 is 129 Å². The number of hydrogen-bond acceptors (Lipinski definition) is 18. The van der Waals surface area contributed by atoms with Crippen molar-refractivity contribution >= 4 is 11.9 Å². The van der Waals surface area contributed by atoms with Crippen molar-refractivity contribution in [2.75, 3.05) is 13.2 Å². The quantitative estimate of drug-likeness (QED) is 0.0541. The van der Waals surface area contributed by atoms with Crippen LogP contribution in [0.25, 0.3) is 0 Å². The van der Waals surface area contributed by atoms with Crippen molar-refractivity contribution in [3.8, 4) is 0 Å². The average Bonchev–Trinajstić information content (AvgIpc) is 3.85. The summed E-state index contributed by atoms with van der Waals surface area (Å²) in [6, 6.07) is -0.651. The van der Waals surface area contributed by atoms with Crippen LogP contribution in [0, 0.1) is 56.7 Å². The summed E-state index contributed by atoms with van der Waals surface area (Å²) in [5, 5.41) is 100. The molecule has 27 atom stereocenters. The van der Waals surface area contributed by atoms with Crippen molar-refractivity contribution in [3.05, 3.63) is 23.8 Å². The summed E-state index contributed by atoms with van der Waals surface area (Å²) < 4.78 is 42.3. The van der Waals surface area contributed by atoms with Gasteiger partial charge >= 0.3 is 5.97 Å². The Morgan fingerprint density at radius 1 is 0.685 bits per heavy atom. The van der Waals surface area contributed by atoms with Gasteiger partial charge in [0.2, 0.25) is 5.91 Å². The van der Waals surface area contributed by atoms with Gasteiger partial charge < -0.3 is 84.4 Å². The molecule has 9 aliphatic rings. The fourth-order valence-electron chi connectivity index (χ4n) is 16.6. The van der Waals surface area contributed by atoms with Gasteiger partial charge in [-0.05, 0) is 129 Å². The zero-order valence-electron chi connectivity index (χ0n) is 44.0. The van der Waals surface area contributed by atoms with Crippen LogP contribution in [0.15, 0.2) is 23.8 Å². The van der Waals surface area contributed by atoms with E-state index in [1.807, 2.05) is 26.0 Å². The second-order valence-corrected chi connectivity index (χ2v) is 25.0. The van der Waals surface area contributed by atoms with Gasteiger partial charge in [0.05, 0.1) is 25.4 Å². The molecule has 0 bridgehead atoms.